The fraction of sp³-hybridized carbons (Fsp3) is 0.200. The molecule has 0 bridgehead atoms. The molecule has 0 fully saturated rings. The van der Waals surface area contributed by atoms with Crippen molar-refractivity contribution in [3.8, 4) is 0 Å². The van der Waals surface area contributed by atoms with Gasteiger partial charge in [-0.25, -0.2) is 0 Å². The maximum absolute atomic E-state index is 2.20. The first-order valence-corrected chi connectivity index (χ1v) is 4.08. The number of hydrogen-bond donors (Lipinski definition) is 0. The molecular formula is C10H13B. The van der Waals surface area contributed by atoms with Crippen molar-refractivity contribution in [2.75, 3.05) is 0 Å². The van der Waals surface area contributed by atoms with Gasteiger partial charge in [0.1, 0.15) is 7.85 Å². The summed E-state index contributed by atoms with van der Waals surface area (Å²) in [4.78, 5) is 0. The van der Waals surface area contributed by atoms with Gasteiger partial charge in [-0.05, 0) is 18.4 Å². The number of aryl methyl sites for hydroxylation is 1. The molecule has 1 rings (SSSR count). The summed E-state index contributed by atoms with van der Waals surface area (Å²) in [5.74, 6) is 2.10. The van der Waals surface area contributed by atoms with Crippen LogP contribution in [0, 0.1) is 0 Å². The molecule has 0 aliphatic rings. The molecule has 56 valence electrons. The van der Waals surface area contributed by atoms with Crippen molar-refractivity contribution in [1.29, 1.82) is 0 Å². The average molecular weight is 144 g/mol. The summed E-state index contributed by atoms with van der Waals surface area (Å²) in [5, 5.41) is 0. The summed E-state index contributed by atoms with van der Waals surface area (Å²) in [7, 11) is 2.06. The molecule has 0 saturated carbocycles. The van der Waals surface area contributed by atoms with E-state index >= 15 is 0 Å². The topological polar surface area (TPSA) is 0 Å². The first kappa shape index (κ1) is 8.12. The third-order valence-electron chi connectivity index (χ3n) is 1.68. The van der Waals surface area contributed by atoms with Crippen LogP contribution in [-0.4, -0.2) is 7.85 Å². The first-order chi connectivity index (χ1) is 5.43. The fourth-order valence-corrected chi connectivity index (χ4v) is 1.06. The normalized spacial score (nSPS) is 10.5. The molecule has 0 spiro atoms. The van der Waals surface area contributed by atoms with Crippen LogP contribution in [0.25, 0.3) is 0 Å². The van der Waals surface area contributed by atoms with E-state index in [2.05, 4.69) is 50.2 Å². The standard InChI is InChI=1S/C10H13B/c11-9-5-4-8-10-6-2-1-3-7-10/h1-3,5-7,9H,4,8,11H2/b9-5+. The Labute approximate surface area is 69.4 Å². The van der Waals surface area contributed by atoms with Gasteiger partial charge in [0.2, 0.25) is 0 Å². The largest absolute Gasteiger partial charge is 0.129 e. The number of rotatable bonds is 3. The molecule has 0 N–H and O–H groups in total. The van der Waals surface area contributed by atoms with Crippen molar-refractivity contribution < 1.29 is 0 Å². The predicted octanol–water partition coefficient (Wildman–Crippen LogP) is 1.77. The van der Waals surface area contributed by atoms with E-state index in [1.54, 1.807) is 0 Å². The number of allylic oxidation sites excluding steroid dienone is 1. The predicted molar refractivity (Wildman–Crippen MR) is 52.4 cm³/mol. The zero-order chi connectivity index (χ0) is 7.94. The Morgan fingerprint density at radius 3 is 2.55 bits per heavy atom. The molecule has 0 saturated heterocycles. The quantitative estimate of drug-likeness (QED) is 0.567. The van der Waals surface area contributed by atoms with E-state index in [0.29, 0.717) is 0 Å². The van der Waals surface area contributed by atoms with Crippen LogP contribution in [0.1, 0.15) is 12.0 Å². The third kappa shape index (κ3) is 3.08. The van der Waals surface area contributed by atoms with E-state index in [1.807, 2.05) is 0 Å². The molecule has 0 amide bonds. The highest BCUT2D eigenvalue weighted by Gasteiger charge is 1.86. The van der Waals surface area contributed by atoms with Crippen molar-refractivity contribution in [3.05, 3.63) is 47.9 Å². The molecule has 0 heterocycles. The van der Waals surface area contributed by atoms with Gasteiger partial charge in [-0.3, -0.25) is 0 Å². The van der Waals surface area contributed by atoms with Gasteiger partial charge in [0, 0.05) is 0 Å². The van der Waals surface area contributed by atoms with Crippen molar-refractivity contribution >= 4 is 7.85 Å². The zero-order valence-electron chi connectivity index (χ0n) is 6.96. The summed E-state index contributed by atoms with van der Waals surface area (Å²) in [6.45, 7) is 0. The lowest BCUT2D eigenvalue weighted by Crippen LogP contribution is -1.80. The van der Waals surface area contributed by atoms with Crippen LogP contribution < -0.4 is 0 Å². The molecule has 1 aromatic rings. The Balaban J connectivity index is 2.39. The number of hydrogen-bond acceptors (Lipinski definition) is 0. The van der Waals surface area contributed by atoms with E-state index in [9.17, 15) is 0 Å². The molecule has 0 aliphatic carbocycles. The van der Waals surface area contributed by atoms with Gasteiger partial charge in [0.15, 0.2) is 0 Å². The number of benzene rings is 1. The molecule has 11 heavy (non-hydrogen) atoms. The molecular weight excluding hydrogens is 131 g/mol. The van der Waals surface area contributed by atoms with Crippen LogP contribution in [0.5, 0.6) is 0 Å². The molecule has 0 atom stereocenters. The summed E-state index contributed by atoms with van der Waals surface area (Å²) in [6.07, 6.45) is 4.51. The summed E-state index contributed by atoms with van der Waals surface area (Å²) >= 11 is 0. The average Bonchev–Trinajstić information content (AvgIpc) is 2.07. The van der Waals surface area contributed by atoms with E-state index < -0.39 is 0 Å². The van der Waals surface area contributed by atoms with Crippen LogP contribution in [0.3, 0.4) is 0 Å². The maximum Gasteiger partial charge on any atom is 0.129 e. The molecule has 0 radical (unpaired) electrons. The second kappa shape index (κ2) is 4.78. The highest BCUT2D eigenvalue weighted by atomic mass is 13.9. The Hall–Kier alpha value is -0.975. The Bertz CT molecular complexity index is 214. The summed E-state index contributed by atoms with van der Waals surface area (Å²) in [5.41, 5.74) is 1.42. The van der Waals surface area contributed by atoms with Crippen LogP contribution in [0.15, 0.2) is 42.4 Å². The minimum Gasteiger partial charge on any atom is -0.128 e. The minimum absolute atomic E-state index is 1.15. The molecule has 1 aromatic carbocycles. The fourth-order valence-electron chi connectivity index (χ4n) is 1.06. The minimum atomic E-state index is 1.15. The van der Waals surface area contributed by atoms with E-state index in [1.165, 1.54) is 5.56 Å². The van der Waals surface area contributed by atoms with E-state index in [0.717, 1.165) is 12.8 Å². The second-order valence-corrected chi connectivity index (χ2v) is 2.59. The SMILES string of the molecule is B/C=C/CCc1ccccc1. The summed E-state index contributed by atoms with van der Waals surface area (Å²) < 4.78 is 0. The highest BCUT2D eigenvalue weighted by Crippen LogP contribution is 2.01. The second-order valence-electron chi connectivity index (χ2n) is 2.59. The molecule has 0 nitrogen and oxygen atoms in total. The van der Waals surface area contributed by atoms with Gasteiger partial charge >= 0.3 is 0 Å². The van der Waals surface area contributed by atoms with Crippen molar-refractivity contribution in [3.63, 3.8) is 0 Å². The Kier molecular flexibility index (Phi) is 3.53. The third-order valence-corrected chi connectivity index (χ3v) is 1.68. The van der Waals surface area contributed by atoms with Crippen LogP contribution in [0.4, 0.5) is 0 Å². The lowest BCUT2D eigenvalue weighted by atomic mass is 10.1. The summed E-state index contributed by atoms with van der Waals surface area (Å²) in [6, 6.07) is 10.6. The van der Waals surface area contributed by atoms with Crippen molar-refractivity contribution in [1.82, 2.24) is 0 Å². The van der Waals surface area contributed by atoms with Gasteiger partial charge in [0.25, 0.3) is 0 Å². The van der Waals surface area contributed by atoms with Gasteiger partial charge in [-0.2, -0.15) is 0 Å². The van der Waals surface area contributed by atoms with Gasteiger partial charge in [-0.1, -0.05) is 36.4 Å². The Morgan fingerprint density at radius 2 is 1.91 bits per heavy atom. The maximum atomic E-state index is 2.20. The van der Waals surface area contributed by atoms with Crippen molar-refractivity contribution in [2.24, 2.45) is 0 Å². The lowest BCUT2D eigenvalue weighted by Gasteiger charge is -1.95. The lowest BCUT2D eigenvalue weighted by molar-refractivity contribution is 1.00. The van der Waals surface area contributed by atoms with Gasteiger partial charge < -0.3 is 0 Å². The van der Waals surface area contributed by atoms with Gasteiger partial charge in [0.05, 0.1) is 0 Å². The zero-order valence-corrected chi connectivity index (χ0v) is 6.96. The van der Waals surface area contributed by atoms with Crippen molar-refractivity contribution in [2.45, 2.75) is 12.8 Å². The molecule has 0 unspecified atom stereocenters. The first-order valence-electron chi connectivity index (χ1n) is 4.08. The van der Waals surface area contributed by atoms with Crippen LogP contribution >= 0.6 is 0 Å². The molecule has 0 aromatic heterocycles. The van der Waals surface area contributed by atoms with E-state index in [4.69, 9.17) is 0 Å². The van der Waals surface area contributed by atoms with Gasteiger partial charge in [-0.15, -0.1) is 5.98 Å². The smallest absolute Gasteiger partial charge is 0.128 e. The van der Waals surface area contributed by atoms with Crippen LogP contribution in [0.2, 0.25) is 0 Å². The highest BCUT2D eigenvalue weighted by molar-refractivity contribution is 6.16. The molecule has 1 heteroatoms. The van der Waals surface area contributed by atoms with Crippen LogP contribution in [-0.2, 0) is 6.42 Å². The monoisotopic (exact) mass is 144 g/mol. The Morgan fingerprint density at radius 1 is 1.18 bits per heavy atom. The molecule has 0 aliphatic heterocycles. The van der Waals surface area contributed by atoms with E-state index in [-0.39, 0.29) is 0 Å².